The van der Waals surface area contributed by atoms with Crippen molar-refractivity contribution in [2.45, 2.75) is 18.0 Å². The van der Waals surface area contributed by atoms with E-state index in [0.29, 0.717) is 30.7 Å². The van der Waals surface area contributed by atoms with E-state index in [1.54, 1.807) is 6.07 Å². The average molecular weight is 368 g/mol. The molecule has 0 unspecified atom stereocenters. The molecule has 2 aromatic heterocycles. The molecule has 5 rings (SSSR count). The van der Waals surface area contributed by atoms with Crippen LogP contribution < -0.4 is 5.69 Å². The first-order valence-electron chi connectivity index (χ1n) is 8.32. The van der Waals surface area contributed by atoms with Gasteiger partial charge in [-0.2, -0.15) is 4.31 Å². The van der Waals surface area contributed by atoms with Crippen LogP contribution in [0.2, 0.25) is 0 Å². The van der Waals surface area contributed by atoms with E-state index in [1.165, 1.54) is 16.4 Å². The lowest BCUT2D eigenvalue weighted by Crippen LogP contribution is -2.37. The number of para-hydroxylation sites is 1. The maximum Gasteiger partial charge on any atom is 0.323 e. The van der Waals surface area contributed by atoms with Crippen LogP contribution in [-0.2, 0) is 23.1 Å². The zero-order chi connectivity index (χ0) is 17.9. The highest BCUT2D eigenvalue weighted by Gasteiger charge is 2.29. The van der Waals surface area contributed by atoms with Gasteiger partial charge >= 0.3 is 5.69 Å². The number of fused-ring (bicyclic) bond motifs is 4. The molecule has 2 aromatic carbocycles. The first-order valence-corrected chi connectivity index (χ1v) is 9.76. The lowest BCUT2D eigenvalue weighted by atomic mass is 10.2. The van der Waals surface area contributed by atoms with Crippen molar-refractivity contribution in [3.8, 4) is 0 Å². The predicted molar refractivity (Wildman–Crippen MR) is 98.5 cm³/mol. The van der Waals surface area contributed by atoms with E-state index >= 15 is 0 Å². The van der Waals surface area contributed by atoms with Crippen LogP contribution in [-0.4, -0.2) is 33.8 Å². The molecule has 0 radical (unpaired) electrons. The van der Waals surface area contributed by atoms with Crippen molar-refractivity contribution in [2.75, 3.05) is 6.54 Å². The number of H-pyrrole nitrogens is 2. The summed E-state index contributed by atoms with van der Waals surface area (Å²) in [5.74, 6) is 0. The van der Waals surface area contributed by atoms with Gasteiger partial charge in [-0.1, -0.05) is 18.2 Å². The Morgan fingerprint density at radius 1 is 0.923 bits per heavy atom. The normalized spacial score (nSPS) is 15.5. The Bertz CT molecular complexity index is 1310. The minimum atomic E-state index is -3.64. The van der Waals surface area contributed by atoms with Crippen molar-refractivity contribution in [2.24, 2.45) is 0 Å². The van der Waals surface area contributed by atoms with Gasteiger partial charge in [0.05, 0.1) is 22.5 Å². The summed E-state index contributed by atoms with van der Waals surface area (Å²) in [5, 5.41) is 1.12. The maximum absolute atomic E-state index is 13.1. The van der Waals surface area contributed by atoms with Gasteiger partial charge in [0, 0.05) is 24.3 Å². The van der Waals surface area contributed by atoms with Crippen LogP contribution in [0.5, 0.6) is 0 Å². The van der Waals surface area contributed by atoms with Gasteiger partial charge in [0.2, 0.25) is 10.0 Å². The maximum atomic E-state index is 13.1. The van der Waals surface area contributed by atoms with Crippen molar-refractivity contribution >= 4 is 32.0 Å². The van der Waals surface area contributed by atoms with Crippen LogP contribution in [0.1, 0.15) is 5.69 Å². The van der Waals surface area contributed by atoms with Crippen LogP contribution in [0.25, 0.3) is 21.9 Å². The molecule has 1 aliphatic heterocycles. The lowest BCUT2D eigenvalue weighted by molar-refractivity contribution is 0.345. The molecule has 0 saturated carbocycles. The van der Waals surface area contributed by atoms with E-state index in [1.807, 2.05) is 24.3 Å². The molecule has 3 heterocycles. The Morgan fingerprint density at radius 3 is 2.62 bits per heavy atom. The lowest BCUT2D eigenvalue weighted by Gasteiger charge is -2.28. The Kier molecular flexibility index (Phi) is 3.16. The summed E-state index contributed by atoms with van der Waals surface area (Å²) in [6.45, 7) is 1.36. The zero-order valence-corrected chi connectivity index (χ0v) is 14.6. The first-order chi connectivity index (χ1) is 12.5. The number of nitrogens with zero attached hydrogens (tertiary/aromatic N) is 2. The minimum absolute atomic E-state index is 0.185. The van der Waals surface area contributed by atoms with Crippen LogP contribution in [0.15, 0.2) is 58.2 Å². The smallest absolute Gasteiger partial charge is 0.323 e. The summed E-state index contributed by atoms with van der Waals surface area (Å²) < 4.78 is 29.8. The summed E-state index contributed by atoms with van der Waals surface area (Å²) in [5.41, 5.74) is 2.84. The number of aromatic amines is 2. The van der Waals surface area contributed by atoms with Crippen LogP contribution >= 0.6 is 0 Å². The Labute approximate surface area is 148 Å². The molecule has 4 aromatic rings. The number of sulfonamides is 1. The van der Waals surface area contributed by atoms with Crippen molar-refractivity contribution in [1.82, 2.24) is 18.8 Å². The molecule has 0 aliphatic carbocycles. The molecule has 0 amide bonds. The summed E-state index contributed by atoms with van der Waals surface area (Å²) in [7, 11) is -3.64. The quantitative estimate of drug-likeness (QED) is 0.567. The van der Waals surface area contributed by atoms with Gasteiger partial charge in [0.1, 0.15) is 0 Å². The number of aromatic nitrogens is 3. The third-order valence-electron chi connectivity index (χ3n) is 4.93. The Hall–Kier alpha value is -2.84. The minimum Gasteiger partial charge on any atom is -0.342 e. The summed E-state index contributed by atoms with van der Waals surface area (Å²) in [4.78, 5) is 16.8. The van der Waals surface area contributed by atoms with Crippen molar-refractivity contribution < 1.29 is 8.42 Å². The predicted octanol–water partition coefficient (Wildman–Crippen LogP) is 2.02. The molecule has 0 bridgehead atoms. The van der Waals surface area contributed by atoms with Gasteiger partial charge in [-0.15, -0.1) is 0 Å². The first kappa shape index (κ1) is 15.4. The molecule has 0 saturated heterocycles. The number of hydrogen-bond donors (Lipinski definition) is 2. The number of imidazole rings is 1. The van der Waals surface area contributed by atoms with Crippen LogP contribution in [0, 0.1) is 0 Å². The second-order valence-corrected chi connectivity index (χ2v) is 8.41. The summed E-state index contributed by atoms with van der Waals surface area (Å²) in [6.07, 6.45) is 0. The molecule has 0 fully saturated rings. The molecule has 132 valence electrons. The molecule has 8 heteroatoms. The SMILES string of the molecule is O=c1[nH]c2ccc(S(=O)(=O)N3CCn4c(cc5ccccc54)C3)cc2[nH]1. The molecule has 0 atom stereocenters. The fraction of sp³-hybridized carbons (Fsp3) is 0.167. The highest BCUT2D eigenvalue weighted by Crippen LogP contribution is 2.28. The van der Waals surface area contributed by atoms with E-state index in [0.717, 1.165) is 16.6 Å². The van der Waals surface area contributed by atoms with Crippen molar-refractivity contribution in [1.29, 1.82) is 0 Å². The Balaban J connectivity index is 1.55. The number of hydrogen-bond acceptors (Lipinski definition) is 3. The highest BCUT2D eigenvalue weighted by molar-refractivity contribution is 7.89. The van der Waals surface area contributed by atoms with Crippen LogP contribution in [0.3, 0.4) is 0 Å². The number of benzene rings is 2. The summed E-state index contributed by atoms with van der Waals surface area (Å²) >= 11 is 0. The van der Waals surface area contributed by atoms with Gasteiger partial charge in [-0.05, 0) is 35.7 Å². The second kappa shape index (κ2) is 5.33. The van der Waals surface area contributed by atoms with E-state index in [4.69, 9.17) is 0 Å². The largest absolute Gasteiger partial charge is 0.342 e. The molecule has 0 spiro atoms. The molecule has 26 heavy (non-hydrogen) atoms. The topological polar surface area (TPSA) is 91.0 Å². The van der Waals surface area contributed by atoms with E-state index < -0.39 is 10.0 Å². The van der Waals surface area contributed by atoms with Crippen molar-refractivity contribution in [3.63, 3.8) is 0 Å². The van der Waals surface area contributed by atoms with E-state index in [-0.39, 0.29) is 10.6 Å². The standard InChI is InChI=1S/C18H16N4O3S/c23-18-19-15-6-5-14(10-16(15)20-18)26(24,25)21-7-8-22-13(11-21)9-12-3-1-2-4-17(12)22/h1-6,9-10H,7-8,11H2,(H2,19,20,23). The van der Waals surface area contributed by atoms with Gasteiger partial charge in [-0.3, -0.25) is 0 Å². The fourth-order valence-electron chi connectivity index (χ4n) is 3.66. The van der Waals surface area contributed by atoms with E-state index in [2.05, 4.69) is 20.6 Å². The van der Waals surface area contributed by atoms with Crippen molar-refractivity contribution in [3.05, 3.63) is 64.7 Å². The zero-order valence-electron chi connectivity index (χ0n) is 13.8. The second-order valence-electron chi connectivity index (χ2n) is 6.47. The third-order valence-corrected chi connectivity index (χ3v) is 6.77. The molecule has 2 N–H and O–H groups in total. The fourth-order valence-corrected chi connectivity index (χ4v) is 5.09. The number of nitrogens with one attached hydrogen (secondary N) is 2. The van der Waals surface area contributed by atoms with Gasteiger partial charge in [0.25, 0.3) is 0 Å². The van der Waals surface area contributed by atoms with Crippen LogP contribution in [0.4, 0.5) is 0 Å². The third kappa shape index (κ3) is 2.23. The molecule has 1 aliphatic rings. The average Bonchev–Trinajstić information content (AvgIpc) is 3.19. The molecular formula is C18H16N4O3S. The Morgan fingerprint density at radius 2 is 1.73 bits per heavy atom. The highest BCUT2D eigenvalue weighted by atomic mass is 32.2. The van der Waals surface area contributed by atoms with Gasteiger partial charge in [-0.25, -0.2) is 13.2 Å². The monoisotopic (exact) mass is 368 g/mol. The van der Waals surface area contributed by atoms with Gasteiger partial charge in [0.15, 0.2) is 0 Å². The number of rotatable bonds is 2. The van der Waals surface area contributed by atoms with E-state index in [9.17, 15) is 13.2 Å². The summed E-state index contributed by atoms with van der Waals surface area (Å²) in [6, 6.07) is 14.8. The van der Waals surface area contributed by atoms with Gasteiger partial charge < -0.3 is 14.5 Å². The molecule has 7 nitrogen and oxygen atoms in total. The molecular weight excluding hydrogens is 352 g/mol.